The third-order valence-electron chi connectivity index (χ3n) is 22.1. The summed E-state index contributed by atoms with van der Waals surface area (Å²) in [6, 6.07) is -14.9. The average molecular weight is 2040 g/mol. The highest BCUT2D eigenvalue weighted by Crippen LogP contribution is 2.17. The maximum Gasteiger partial charge on any atom is 0.328 e. The van der Waals surface area contributed by atoms with E-state index in [0.717, 1.165) is 27.7 Å². The summed E-state index contributed by atoms with van der Waals surface area (Å²) in [4.78, 5) is 309. The van der Waals surface area contributed by atoms with Crippen molar-refractivity contribution in [1.29, 1.82) is 0 Å². The van der Waals surface area contributed by atoms with Gasteiger partial charge in [0.25, 0.3) is 0 Å². The first-order chi connectivity index (χ1) is 67.9. The van der Waals surface area contributed by atoms with Crippen LogP contribution >= 0.6 is 0 Å². The van der Waals surface area contributed by atoms with E-state index in [0.29, 0.717) is 30.4 Å². The number of hydrogen-bond acceptors (Lipinski definition) is 31. The van der Waals surface area contributed by atoms with Crippen molar-refractivity contribution >= 4 is 136 Å². The third kappa shape index (κ3) is 48.0. The van der Waals surface area contributed by atoms with E-state index in [2.05, 4.69) is 101 Å². The molecular weight excluding hydrogens is 1900 g/mol. The molecule has 0 aromatic heterocycles. The molecular formula is C90H143N23O31. The molecule has 0 aliphatic rings. The van der Waals surface area contributed by atoms with E-state index in [1.54, 1.807) is 45.9 Å². The SMILES string of the molecule is CC[C@H](C)[C@H](NC(=O)CN)C(=O)NCC(=O)N[C@@H](CO)C(=O)N[C@@H](CCCCN)C(=O)N[C@@H](C)C(=O)N[C@@H](CCC(=O)O)C(=O)N[C@@H](CCCCN)C(=O)N[C@H](C(=O)N[C@@H](CC(C)C)C(=O)NCC(=O)N[C@@H](CC(=O)O)C(=O)N[C@@H](Cc1ccccc1)C(=O)N[C@@H](C)C(=O)N[C@@H](C)C(=O)N[C@@H](CCC(=O)O)C(=O)N[C@@H](Cc1ccc(O)cc1)C(=O)N[C@@H](C)C(=O)N[C@@H](CCCCN)C(=O)N[C@@H](CO)C(=O)O)[C@@H](C)O. The van der Waals surface area contributed by atoms with Crippen molar-refractivity contribution in [2.75, 3.05) is 52.5 Å². The van der Waals surface area contributed by atoms with Gasteiger partial charge in [0.1, 0.15) is 108 Å². The average Bonchev–Trinajstić information content (AvgIpc) is 0.851. The smallest absolute Gasteiger partial charge is 0.328 e. The van der Waals surface area contributed by atoms with Crippen LogP contribution in [-0.2, 0) is 123 Å². The van der Waals surface area contributed by atoms with Crippen molar-refractivity contribution in [2.45, 2.75) is 287 Å². The van der Waals surface area contributed by atoms with E-state index in [-0.39, 0.29) is 89.6 Å². The first-order valence-electron chi connectivity index (χ1n) is 47.0. The zero-order valence-corrected chi connectivity index (χ0v) is 81.9. The molecule has 0 radical (unpaired) electrons. The largest absolute Gasteiger partial charge is 0.508 e. The second kappa shape index (κ2) is 66.5. The molecule has 2 rings (SSSR count). The van der Waals surface area contributed by atoms with Gasteiger partial charge in [0, 0.05) is 25.7 Å². The Morgan fingerprint density at radius 2 is 0.646 bits per heavy atom. The number of phenols is 1. The lowest BCUT2D eigenvalue weighted by Crippen LogP contribution is -2.61. The summed E-state index contributed by atoms with van der Waals surface area (Å²) in [5.74, 6) is -27.5. The Labute approximate surface area is 830 Å². The van der Waals surface area contributed by atoms with Crippen molar-refractivity contribution < 1.29 is 151 Å². The Morgan fingerprint density at radius 1 is 0.312 bits per heavy atom. The number of carbonyl (C=O) groups is 23. The van der Waals surface area contributed by atoms with Crippen molar-refractivity contribution in [3.8, 4) is 5.75 Å². The van der Waals surface area contributed by atoms with Crippen LogP contribution in [0.15, 0.2) is 54.6 Å². The monoisotopic (exact) mass is 2040 g/mol. The molecule has 144 heavy (non-hydrogen) atoms. The first-order valence-corrected chi connectivity index (χ1v) is 47.0. The molecule has 2 aromatic rings. The molecule has 35 N–H and O–H groups in total. The minimum atomic E-state index is -2.03. The summed E-state index contributed by atoms with van der Waals surface area (Å²) in [6.07, 6.45) is -5.21. The third-order valence-corrected chi connectivity index (χ3v) is 22.1. The number of rotatable bonds is 70. The summed E-state index contributed by atoms with van der Waals surface area (Å²) >= 11 is 0. The molecule has 0 spiro atoms. The molecule has 0 fully saturated rings. The fraction of sp³-hybridized carbons (Fsp3) is 0.611. The van der Waals surface area contributed by atoms with Gasteiger partial charge in [0.05, 0.1) is 45.4 Å². The normalized spacial score (nSPS) is 15.0. The highest BCUT2D eigenvalue weighted by atomic mass is 16.4. The van der Waals surface area contributed by atoms with Crippen LogP contribution in [0.2, 0.25) is 0 Å². The number of unbranched alkanes of at least 4 members (excludes halogenated alkanes) is 3. The first kappa shape index (κ1) is 126. The number of aliphatic hydroxyl groups is 3. The Morgan fingerprint density at radius 3 is 1.02 bits per heavy atom. The number of aliphatic hydroxyl groups excluding tert-OH is 3. The maximum absolute atomic E-state index is 14.4. The summed E-state index contributed by atoms with van der Waals surface area (Å²) in [5.41, 5.74) is 23.1. The van der Waals surface area contributed by atoms with Gasteiger partial charge in [-0.3, -0.25) is 105 Å². The Bertz CT molecular complexity index is 4650. The van der Waals surface area contributed by atoms with Crippen molar-refractivity contribution in [3.63, 3.8) is 0 Å². The molecule has 0 heterocycles. The van der Waals surface area contributed by atoms with E-state index in [4.69, 9.17) is 22.9 Å². The number of hydrogen-bond donors (Lipinski definition) is 31. The van der Waals surface area contributed by atoms with E-state index in [1.165, 1.54) is 43.3 Å². The summed E-state index contributed by atoms with van der Waals surface area (Å²) < 4.78 is 0. The number of nitrogens with one attached hydrogen (secondary N) is 19. The van der Waals surface area contributed by atoms with Gasteiger partial charge in [-0.05, 0) is 166 Å². The lowest BCUT2D eigenvalue weighted by molar-refractivity contribution is -0.143. The van der Waals surface area contributed by atoms with Crippen LogP contribution in [0.5, 0.6) is 5.75 Å². The Kier molecular flexibility index (Phi) is 58.1. The van der Waals surface area contributed by atoms with Crippen LogP contribution in [-0.4, -0.2) is 338 Å². The summed E-state index contributed by atoms with van der Waals surface area (Å²) in [5, 5.41) is 124. The van der Waals surface area contributed by atoms with Gasteiger partial charge in [-0.25, -0.2) is 4.79 Å². The Balaban J connectivity index is 2.37. The standard InChI is InChI=1S/C90H143N23O31/c1-10-46(4)72(112-66(118)40-94)88(141)96-42-68(120)102-64(43-114)87(140)107-55(22-14-17-33-91)79(132)98-49(7)77(130)104-58(29-31-69(121)122)81(134)106-57(24-16-19-35-93)83(136)113-73(51(9)116)89(142)110-60(36-45(2)3)78(131)95-41-67(119)101-63(39-71(125)126)86(139)109-61(37-52-20-12-11-13-21-52)84(137)99-47(5)74(127)97-48(6)75(128)105-59(30-32-70(123)124)82(135)108-62(38-53-25-27-54(117)28-26-53)85(138)100-50(8)76(129)103-56(23-15-18-34-92)80(133)111-65(44-115)90(143)144/h11-13,20-21,25-28,45-51,55-65,72-73,114-117H,10,14-19,22-24,29-44,91-94H2,1-9H3,(H,95,131)(H,96,141)(H,97,127)(H,98,132)(H,99,137)(H,100,138)(H,101,119)(H,102,120)(H,103,129)(H,104,130)(H,105,128)(H,106,134)(H,107,140)(H,108,135)(H,109,139)(H,110,142)(H,111,133)(H,112,118)(H,113,136)(H,121,122)(H,123,124)(H,125,126)(H,143,144)/t46-,47-,48-,49-,50-,51+,55-,56-,57-,58-,59-,60-,61-,62-,63-,64-,65-,72-,73-/m0/s1. The quantitative estimate of drug-likeness (QED) is 0.0274. The van der Waals surface area contributed by atoms with E-state index in [1.807, 2.05) is 0 Å². The zero-order chi connectivity index (χ0) is 109. The molecule has 0 saturated heterocycles. The lowest BCUT2D eigenvalue weighted by Gasteiger charge is -2.28. The van der Waals surface area contributed by atoms with Gasteiger partial charge >= 0.3 is 23.9 Å². The zero-order valence-electron chi connectivity index (χ0n) is 81.9. The number of amides is 19. The minimum absolute atomic E-state index is 0.0649. The number of aliphatic carboxylic acids is 4. The van der Waals surface area contributed by atoms with Crippen LogP contribution in [0.1, 0.15) is 176 Å². The van der Waals surface area contributed by atoms with Crippen molar-refractivity contribution in [2.24, 2.45) is 34.8 Å². The second-order valence-electron chi connectivity index (χ2n) is 34.7. The molecule has 0 unspecified atom stereocenters. The predicted molar refractivity (Wildman–Crippen MR) is 510 cm³/mol. The second-order valence-corrected chi connectivity index (χ2v) is 34.7. The summed E-state index contributed by atoms with van der Waals surface area (Å²) in [7, 11) is 0. The molecule has 804 valence electrons. The number of carbonyl (C=O) groups excluding carboxylic acids is 19. The van der Waals surface area contributed by atoms with Crippen molar-refractivity contribution in [3.05, 3.63) is 65.7 Å². The molecule has 54 nitrogen and oxygen atoms in total. The van der Waals surface area contributed by atoms with E-state index in [9.17, 15) is 151 Å². The van der Waals surface area contributed by atoms with Crippen LogP contribution in [0, 0.1) is 11.8 Å². The maximum atomic E-state index is 14.4. The van der Waals surface area contributed by atoms with Gasteiger partial charge < -0.3 is 165 Å². The van der Waals surface area contributed by atoms with Crippen molar-refractivity contribution in [1.82, 2.24) is 101 Å². The van der Waals surface area contributed by atoms with Gasteiger partial charge in [0.15, 0.2) is 0 Å². The number of carboxylic acids is 4. The number of phenolic OH excluding ortho intramolecular Hbond substituents is 1. The Hall–Kier alpha value is -14.2. The van der Waals surface area contributed by atoms with Crippen LogP contribution in [0.3, 0.4) is 0 Å². The molecule has 2 aromatic carbocycles. The number of nitrogens with two attached hydrogens (primary N) is 4. The van der Waals surface area contributed by atoms with Crippen LogP contribution < -0.4 is 124 Å². The molecule has 0 saturated carbocycles. The van der Waals surface area contributed by atoms with E-state index >= 15 is 0 Å². The van der Waals surface area contributed by atoms with Gasteiger partial charge in [-0.2, -0.15) is 0 Å². The molecule has 0 aliphatic carbocycles. The predicted octanol–water partition coefficient (Wildman–Crippen LogP) is -10.2. The molecule has 0 bridgehead atoms. The number of aromatic hydroxyl groups is 1. The minimum Gasteiger partial charge on any atom is -0.508 e. The molecule has 19 atom stereocenters. The number of benzene rings is 2. The van der Waals surface area contributed by atoms with Gasteiger partial charge in [-0.15, -0.1) is 0 Å². The van der Waals surface area contributed by atoms with Gasteiger partial charge in [0.2, 0.25) is 112 Å². The molecule has 19 amide bonds. The fourth-order valence-corrected chi connectivity index (χ4v) is 13.7. The topological polar surface area (TPSA) is 887 Å². The van der Waals surface area contributed by atoms with Gasteiger partial charge in [-0.1, -0.05) is 76.6 Å². The highest BCUT2D eigenvalue weighted by molar-refractivity contribution is 6.02. The summed E-state index contributed by atoms with van der Waals surface area (Å²) in [6.45, 7) is 8.54. The number of carboxylic acid groups (broad SMARTS) is 4. The van der Waals surface area contributed by atoms with Crippen LogP contribution in [0.4, 0.5) is 0 Å². The van der Waals surface area contributed by atoms with E-state index < -0.39 is 322 Å². The molecule has 54 heteroatoms. The lowest BCUT2D eigenvalue weighted by atomic mass is 9.98. The van der Waals surface area contributed by atoms with Crippen LogP contribution in [0.25, 0.3) is 0 Å². The molecule has 0 aliphatic heterocycles. The fourth-order valence-electron chi connectivity index (χ4n) is 13.7. The highest BCUT2D eigenvalue weighted by Gasteiger charge is 2.40.